The van der Waals surface area contributed by atoms with E-state index in [1.165, 1.54) is 0 Å². The fourth-order valence-electron chi connectivity index (χ4n) is 1.89. The summed E-state index contributed by atoms with van der Waals surface area (Å²) in [6, 6.07) is 15.5. The Balaban J connectivity index is 2.42. The summed E-state index contributed by atoms with van der Waals surface area (Å²) in [7, 11) is 0. The molecule has 0 atom stereocenters. The van der Waals surface area contributed by atoms with Crippen molar-refractivity contribution in [2.24, 2.45) is 5.18 Å². The molecule has 0 aliphatic rings. The second kappa shape index (κ2) is 5.24. The predicted molar refractivity (Wildman–Crippen MR) is 70.8 cm³/mol. The van der Waals surface area contributed by atoms with Crippen LogP contribution < -0.4 is 0 Å². The molecular formula is C15H12N2O. The molecule has 2 aromatic rings. The third-order valence-electron chi connectivity index (χ3n) is 2.90. The fraction of sp³-hybridized carbons (Fsp3) is 0.133. The molecule has 0 amide bonds. The first-order chi connectivity index (χ1) is 8.74. The second-order valence-electron chi connectivity index (χ2n) is 4.12. The highest BCUT2D eigenvalue weighted by Gasteiger charge is 2.03. The molecule has 2 rings (SSSR count). The highest BCUT2D eigenvalue weighted by atomic mass is 16.3. The van der Waals surface area contributed by atoms with Crippen LogP contribution in [0.1, 0.15) is 16.7 Å². The zero-order chi connectivity index (χ0) is 13.0. The molecule has 0 heterocycles. The molecule has 0 spiro atoms. The van der Waals surface area contributed by atoms with Crippen LogP contribution in [0.4, 0.5) is 0 Å². The van der Waals surface area contributed by atoms with E-state index < -0.39 is 0 Å². The molecule has 0 saturated carbocycles. The molecule has 0 aliphatic carbocycles. The van der Waals surface area contributed by atoms with E-state index in [1.54, 1.807) is 6.07 Å². The van der Waals surface area contributed by atoms with Crippen LogP contribution in [0.25, 0.3) is 11.1 Å². The third-order valence-corrected chi connectivity index (χ3v) is 2.90. The Hall–Kier alpha value is -2.47. The molecule has 18 heavy (non-hydrogen) atoms. The lowest BCUT2D eigenvalue weighted by Gasteiger charge is -2.06. The van der Waals surface area contributed by atoms with Gasteiger partial charge in [0, 0.05) is 0 Å². The van der Waals surface area contributed by atoms with Crippen LogP contribution in [-0.2, 0) is 6.54 Å². The average Bonchev–Trinajstić information content (AvgIpc) is 2.41. The minimum Gasteiger partial charge on any atom is -0.192 e. The molecule has 0 bridgehead atoms. The molecule has 0 unspecified atom stereocenters. The van der Waals surface area contributed by atoms with Gasteiger partial charge in [-0.2, -0.15) is 10.2 Å². The first kappa shape index (κ1) is 12.0. The van der Waals surface area contributed by atoms with Gasteiger partial charge in [-0.3, -0.25) is 0 Å². The van der Waals surface area contributed by atoms with Gasteiger partial charge in [-0.05, 0) is 41.3 Å². The molecular weight excluding hydrogens is 224 g/mol. The maximum Gasteiger partial charge on any atom is 0.106 e. The monoisotopic (exact) mass is 236 g/mol. The minimum absolute atomic E-state index is 0.199. The fourth-order valence-corrected chi connectivity index (χ4v) is 1.89. The van der Waals surface area contributed by atoms with Crippen LogP contribution in [0.5, 0.6) is 0 Å². The summed E-state index contributed by atoms with van der Waals surface area (Å²) in [5, 5.41) is 11.8. The van der Waals surface area contributed by atoms with Crippen LogP contribution in [0, 0.1) is 23.2 Å². The van der Waals surface area contributed by atoms with Crippen molar-refractivity contribution in [3.05, 3.63) is 64.1 Å². The van der Waals surface area contributed by atoms with E-state index in [0.29, 0.717) is 5.56 Å². The van der Waals surface area contributed by atoms with Crippen molar-refractivity contribution in [2.45, 2.75) is 13.5 Å². The quantitative estimate of drug-likeness (QED) is 0.761. The van der Waals surface area contributed by atoms with Crippen molar-refractivity contribution in [3.63, 3.8) is 0 Å². The Kier molecular flexibility index (Phi) is 3.49. The molecule has 0 radical (unpaired) electrons. The lowest BCUT2D eigenvalue weighted by molar-refractivity contribution is 1.04. The summed E-state index contributed by atoms with van der Waals surface area (Å²) >= 11 is 0. The Bertz CT molecular complexity index is 627. The molecule has 3 heteroatoms. The van der Waals surface area contributed by atoms with E-state index in [2.05, 4.69) is 11.2 Å². The van der Waals surface area contributed by atoms with Gasteiger partial charge in [0.15, 0.2) is 0 Å². The first-order valence-electron chi connectivity index (χ1n) is 5.64. The van der Waals surface area contributed by atoms with E-state index in [9.17, 15) is 4.91 Å². The number of nitroso groups, excluding NO2 is 1. The van der Waals surface area contributed by atoms with Gasteiger partial charge in [0.05, 0.1) is 11.6 Å². The zero-order valence-corrected chi connectivity index (χ0v) is 10.1. The highest BCUT2D eigenvalue weighted by molar-refractivity contribution is 5.66. The van der Waals surface area contributed by atoms with Gasteiger partial charge < -0.3 is 0 Å². The number of hydrogen-bond donors (Lipinski definition) is 0. The molecule has 2 aromatic carbocycles. The standard InChI is InChI=1S/C15H12N2O/c1-11-7-14(5-6-15(11)10-17-18)13-4-2-3-12(8-13)9-16/h2-8H,10H2,1H3. The van der Waals surface area contributed by atoms with Crippen molar-refractivity contribution >= 4 is 0 Å². The van der Waals surface area contributed by atoms with E-state index in [1.807, 2.05) is 43.3 Å². The van der Waals surface area contributed by atoms with Gasteiger partial charge in [0.25, 0.3) is 0 Å². The number of benzene rings is 2. The predicted octanol–water partition coefficient (Wildman–Crippen LogP) is 3.80. The lowest BCUT2D eigenvalue weighted by atomic mass is 9.99. The highest BCUT2D eigenvalue weighted by Crippen LogP contribution is 2.23. The van der Waals surface area contributed by atoms with Gasteiger partial charge in [-0.15, -0.1) is 0 Å². The summed E-state index contributed by atoms with van der Waals surface area (Å²) in [5.74, 6) is 0. The number of aryl methyl sites for hydroxylation is 1. The van der Waals surface area contributed by atoms with Crippen molar-refractivity contribution < 1.29 is 0 Å². The van der Waals surface area contributed by atoms with Gasteiger partial charge in [-0.25, -0.2) is 0 Å². The van der Waals surface area contributed by atoms with Crippen LogP contribution >= 0.6 is 0 Å². The van der Waals surface area contributed by atoms with Crippen LogP contribution in [0.3, 0.4) is 0 Å². The van der Waals surface area contributed by atoms with Gasteiger partial charge in [0.1, 0.15) is 6.54 Å². The Morgan fingerprint density at radius 2 is 1.94 bits per heavy atom. The average molecular weight is 236 g/mol. The van der Waals surface area contributed by atoms with Crippen molar-refractivity contribution in [1.82, 2.24) is 0 Å². The zero-order valence-electron chi connectivity index (χ0n) is 10.1. The first-order valence-corrected chi connectivity index (χ1v) is 5.64. The Morgan fingerprint density at radius 1 is 1.17 bits per heavy atom. The number of nitrogens with zero attached hydrogens (tertiary/aromatic N) is 2. The van der Waals surface area contributed by atoms with Crippen molar-refractivity contribution in [2.75, 3.05) is 0 Å². The molecule has 0 saturated heterocycles. The van der Waals surface area contributed by atoms with Crippen molar-refractivity contribution in [3.8, 4) is 17.2 Å². The second-order valence-corrected chi connectivity index (χ2v) is 4.12. The summed E-state index contributed by atoms with van der Waals surface area (Å²) in [5.41, 5.74) is 4.66. The van der Waals surface area contributed by atoms with E-state index >= 15 is 0 Å². The Labute approximate surface area is 106 Å². The van der Waals surface area contributed by atoms with Crippen LogP contribution in [0.15, 0.2) is 47.6 Å². The van der Waals surface area contributed by atoms with E-state index in [4.69, 9.17) is 5.26 Å². The van der Waals surface area contributed by atoms with E-state index in [-0.39, 0.29) is 6.54 Å². The van der Waals surface area contributed by atoms with Gasteiger partial charge in [-0.1, -0.05) is 35.5 Å². The number of hydrogen-bond acceptors (Lipinski definition) is 3. The summed E-state index contributed by atoms with van der Waals surface area (Å²) in [4.78, 5) is 10.3. The Morgan fingerprint density at radius 3 is 2.61 bits per heavy atom. The molecule has 3 nitrogen and oxygen atoms in total. The normalized spacial score (nSPS) is 9.78. The molecule has 88 valence electrons. The topological polar surface area (TPSA) is 53.2 Å². The van der Waals surface area contributed by atoms with Gasteiger partial charge in [0.2, 0.25) is 0 Å². The SMILES string of the molecule is Cc1cc(-c2cccc(C#N)c2)ccc1CN=O. The van der Waals surface area contributed by atoms with Crippen molar-refractivity contribution in [1.29, 1.82) is 5.26 Å². The summed E-state index contributed by atoms with van der Waals surface area (Å²) in [6.07, 6.45) is 0. The summed E-state index contributed by atoms with van der Waals surface area (Å²) in [6.45, 7) is 2.16. The van der Waals surface area contributed by atoms with Crippen LogP contribution in [-0.4, -0.2) is 0 Å². The lowest BCUT2D eigenvalue weighted by Crippen LogP contribution is -1.88. The molecule has 0 N–H and O–H groups in total. The van der Waals surface area contributed by atoms with E-state index in [0.717, 1.165) is 22.3 Å². The van der Waals surface area contributed by atoms with Crippen LogP contribution in [0.2, 0.25) is 0 Å². The maximum absolute atomic E-state index is 10.3. The molecule has 0 fully saturated rings. The maximum atomic E-state index is 10.3. The smallest absolute Gasteiger partial charge is 0.106 e. The van der Waals surface area contributed by atoms with Gasteiger partial charge >= 0.3 is 0 Å². The number of nitriles is 1. The molecule has 0 aliphatic heterocycles. The largest absolute Gasteiger partial charge is 0.192 e. The molecule has 0 aromatic heterocycles. The third kappa shape index (κ3) is 2.44. The number of rotatable bonds is 3. The summed E-state index contributed by atoms with van der Waals surface area (Å²) < 4.78 is 0. The minimum atomic E-state index is 0.199.